The van der Waals surface area contributed by atoms with E-state index in [0.717, 1.165) is 47.4 Å². The summed E-state index contributed by atoms with van der Waals surface area (Å²) in [6.07, 6.45) is 4.36. The van der Waals surface area contributed by atoms with Crippen LogP contribution >= 0.6 is 0 Å². The highest BCUT2D eigenvalue weighted by Crippen LogP contribution is 2.29. The molecule has 1 saturated heterocycles. The molecule has 0 unspecified atom stereocenters. The van der Waals surface area contributed by atoms with Gasteiger partial charge in [-0.25, -0.2) is 4.98 Å². The monoisotopic (exact) mass is 429 g/mol. The van der Waals surface area contributed by atoms with Gasteiger partial charge < -0.3 is 19.0 Å². The molecule has 0 saturated carbocycles. The van der Waals surface area contributed by atoms with E-state index in [2.05, 4.69) is 29.0 Å². The minimum atomic E-state index is 0.0340. The van der Waals surface area contributed by atoms with E-state index in [1.165, 1.54) is 5.56 Å². The normalized spacial score (nSPS) is 16.4. The molecule has 0 aliphatic carbocycles. The first-order valence-electron chi connectivity index (χ1n) is 11.1. The number of hydrogen-bond donors (Lipinski definition) is 1. The zero-order valence-corrected chi connectivity index (χ0v) is 18.4. The summed E-state index contributed by atoms with van der Waals surface area (Å²) in [5.74, 6) is 2.51. The Balaban J connectivity index is 1.28. The van der Waals surface area contributed by atoms with Crippen molar-refractivity contribution >= 4 is 16.8 Å². The van der Waals surface area contributed by atoms with Gasteiger partial charge in [-0.2, -0.15) is 0 Å². The number of H-pyrrole nitrogens is 1. The third kappa shape index (κ3) is 4.13. The molecule has 6 heteroatoms. The third-order valence-electron chi connectivity index (χ3n) is 6.15. The van der Waals surface area contributed by atoms with Gasteiger partial charge in [0.05, 0.1) is 19.2 Å². The lowest BCUT2D eigenvalue weighted by Crippen LogP contribution is -2.39. The quantitative estimate of drug-likeness (QED) is 0.480. The van der Waals surface area contributed by atoms with Crippen molar-refractivity contribution in [3.63, 3.8) is 0 Å². The number of carbonyl (C=O) groups is 1. The number of nitrogens with zero attached hydrogens (tertiary/aromatic N) is 2. The van der Waals surface area contributed by atoms with Gasteiger partial charge >= 0.3 is 0 Å². The van der Waals surface area contributed by atoms with E-state index < -0.39 is 0 Å². The first-order valence-corrected chi connectivity index (χ1v) is 11.1. The van der Waals surface area contributed by atoms with Crippen LogP contribution in [0.25, 0.3) is 10.9 Å². The van der Waals surface area contributed by atoms with Crippen LogP contribution in [-0.4, -0.2) is 41.0 Å². The highest BCUT2D eigenvalue weighted by Gasteiger charge is 2.29. The van der Waals surface area contributed by atoms with Crippen LogP contribution < -0.4 is 4.74 Å². The highest BCUT2D eigenvalue weighted by molar-refractivity contribution is 5.98. The zero-order chi connectivity index (χ0) is 22.1. The molecule has 4 aromatic rings. The summed E-state index contributed by atoms with van der Waals surface area (Å²) in [4.78, 5) is 22.9. The maximum absolute atomic E-state index is 13.2. The smallest absolute Gasteiger partial charge is 0.270 e. The molecule has 5 rings (SSSR count). The number of carbonyl (C=O) groups excluding carboxylic acids is 1. The molecule has 2 aromatic carbocycles. The van der Waals surface area contributed by atoms with Crippen LogP contribution in [0.4, 0.5) is 0 Å². The molecule has 1 aliphatic rings. The Hall–Kier alpha value is -3.54. The number of piperidine rings is 1. The van der Waals surface area contributed by atoms with Gasteiger partial charge in [-0.3, -0.25) is 4.79 Å². The minimum absolute atomic E-state index is 0.0340. The molecule has 1 atom stereocenters. The number of methoxy groups -OCH3 is 1. The van der Waals surface area contributed by atoms with Crippen molar-refractivity contribution < 1.29 is 13.9 Å². The zero-order valence-electron chi connectivity index (χ0n) is 18.4. The fraction of sp³-hybridized carbons (Fsp3) is 0.308. The molecule has 0 bridgehead atoms. The third-order valence-corrected chi connectivity index (χ3v) is 6.15. The topological polar surface area (TPSA) is 71.4 Å². The van der Waals surface area contributed by atoms with Crippen molar-refractivity contribution in [2.24, 2.45) is 0 Å². The number of amides is 1. The lowest BCUT2D eigenvalue weighted by molar-refractivity contribution is 0.0693. The summed E-state index contributed by atoms with van der Waals surface area (Å²) in [6.45, 7) is 3.42. The van der Waals surface area contributed by atoms with E-state index in [-0.39, 0.29) is 11.8 Å². The molecule has 32 heavy (non-hydrogen) atoms. The van der Waals surface area contributed by atoms with Crippen LogP contribution in [0.1, 0.15) is 52.0 Å². The number of aromatic amines is 1. The van der Waals surface area contributed by atoms with Crippen molar-refractivity contribution in [3.05, 3.63) is 83.2 Å². The standard InChI is InChI=1S/C26H27N3O3/c1-17-8-9-19-14-24(28-23(19)11-17)26(30)29-10-4-6-20(16-29)25-27-15-22(32-25)13-18-5-3-7-21(12-18)31-2/h3,5,7-9,11-12,14-15,20,28H,4,6,10,13,16H2,1-2H3/t20-/m1/s1. The average Bonchev–Trinajstić information content (AvgIpc) is 3.45. The van der Waals surface area contributed by atoms with Crippen LogP contribution in [0, 0.1) is 6.92 Å². The van der Waals surface area contributed by atoms with E-state index in [0.29, 0.717) is 24.6 Å². The fourth-order valence-corrected chi connectivity index (χ4v) is 4.47. The number of rotatable bonds is 5. The number of aryl methyl sites for hydroxylation is 1. The fourth-order valence-electron chi connectivity index (χ4n) is 4.47. The molecule has 1 aliphatic heterocycles. The van der Waals surface area contributed by atoms with Gasteiger partial charge in [-0.15, -0.1) is 0 Å². The second-order valence-corrected chi connectivity index (χ2v) is 8.56. The molecule has 2 aromatic heterocycles. The lowest BCUT2D eigenvalue weighted by atomic mass is 9.97. The Labute approximate surface area is 187 Å². The summed E-state index contributed by atoms with van der Waals surface area (Å²) >= 11 is 0. The summed E-state index contributed by atoms with van der Waals surface area (Å²) < 4.78 is 11.4. The molecule has 1 amide bonds. The molecule has 1 fully saturated rings. The summed E-state index contributed by atoms with van der Waals surface area (Å²) in [5.41, 5.74) is 3.92. The van der Waals surface area contributed by atoms with Crippen LogP contribution in [0.5, 0.6) is 5.75 Å². The molecule has 164 valence electrons. The van der Waals surface area contributed by atoms with Crippen molar-refractivity contribution in [2.45, 2.75) is 32.1 Å². The van der Waals surface area contributed by atoms with Gasteiger partial charge in [0.15, 0.2) is 5.89 Å². The van der Waals surface area contributed by atoms with Gasteiger partial charge in [0.25, 0.3) is 5.91 Å². The number of likely N-dealkylation sites (tertiary alicyclic amines) is 1. The van der Waals surface area contributed by atoms with E-state index in [4.69, 9.17) is 9.15 Å². The number of aromatic nitrogens is 2. The number of fused-ring (bicyclic) bond motifs is 1. The van der Waals surface area contributed by atoms with Gasteiger partial charge in [0.2, 0.25) is 0 Å². The average molecular weight is 430 g/mol. The summed E-state index contributed by atoms with van der Waals surface area (Å²) in [6, 6.07) is 16.1. The van der Waals surface area contributed by atoms with E-state index >= 15 is 0 Å². The maximum atomic E-state index is 13.2. The highest BCUT2D eigenvalue weighted by atomic mass is 16.5. The van der Waals surface area contributed by atoms with Crippen molar-refractivity contribution in [2.75, 3.05) is 20.2 Å². The van der Waals surface area contributed by atoms with Gasteiger partial charge in [0, 0.05) is 30.4 Å². The van der Waals surface area contributed by atoms with Crippen molar-refractivity contribution in [1.82, 2.24) is 14.9 Å². The second-order valence-electron chi connectivity index (χ2n) is 8.56. The first-order chi connectivity index (χ1) is 15.6. The van der Waals surface area contributed by atoms with Gasteiger partial charge in [-0.05, 0) is 55.2 Å². The molecule has 1 N–H and O–H groups in total. The number of nitrogens with one attached hydrogen (secondary N) is 1. The summed E-state index contributed by atoms with van der Waals surface area (Å²) in [5, 5.41) is 1.06. The van der Waals surface area contributed by atoms with Crippen LogP contribution in [-0.2, 0) is 6.42 Å². The van der Waals surface area contributed by atoms with Crippen LogP contribution in [0.2, 0.25) is 0 Å². The minimum Gasteiger partial charge on any atom is -0.497 e. The van der Waals surface area contributed by atoms with E-state index in [9.17, 15) is 4.79 Å². The van der Waals surface area contributed by atoms with Crippen molar-refractivity contribution in [3.8, 4) is 5.75 Å². The number of ether oxygens (including phenoxy) is 1. The SMILES string of the molecule is COc1cccc(Cc2cnc([C@@H]3CCCN(C(=O)c4cc5ccc(C)cc5[nH]4)C3)o2)c1. The van der Waals surface area contributed by atoms with Crippen LogP contribution in [0.15, 0.2) is 59.1 Å². The Morgan fingerprint density at radius 1 is 1.25 bits per heavy atom. The predicted octanol–water partition coefficient (Wildman–Crippen LogP) is 5.08. The predicted molar refractivity (Wildman–Crippen MR) is 123 cm³/mol. The van der Waals surface area contributed by atoms with Crippen molar-refractivity contribution in [1.29, 1.82) is 0 Å². The first kappa shape index (κ1) is 20.4. The van der Waals surface area contributed by atoms with E-state index in [1.807, 2.05) is 41.3 Å². The number of benzene rings is 2. The largest absolute Gasteiger partial charge is 0.497 e. The number of oxazole rings is 1. The summed E-state index contributed by atoms with van der Waals surface area (Å²) in [7, 11) is 1.67. The lowest BCUT2D eigenvalue weighted by Gasteiger charge is -2.31. The Morgan fingerprint density at radius 3 is 3.03 bits per heavy atom. The Morgan fingerprint density at radius 2 is 2.16 bits per heavy atom. The molecule has 0 radical (unpaired) electrons. The maximum Gasteiger partial charge on any atom is 0.270 e. The molecular formula is C26H27N3O3. The Bertz CT molecular complexity index is 1260. The molecule has 6 nitrogen and oxygen atoms in total. The van der Waals surface area contributed by atoms with Gasteiger partial charge in [-0.1, -0.05) is 24.3 Å². The molecular weight excluding hydrogens is 402 g/mol. The number of hydrogen-bond acceptors (Lipinski definition) is 4. The van der Waals surface area contributed by atoms with Gasteiger partial charge in [0.1, 0.15) is 17.2 Å². The van der Waals surface area contributed by atoms with E-state index in [1.54, 1.807) is 13.3 Å². The Kier molecular flexibility index (Phi) is 5.43. The van der Waals surface area contributed by atoms with Crippen LogP contribution in [0.3, 0.4) is 0 Å². The molecule has 3 heterocycles. The molecule has 0 spiro atoms. The second kappa shape index (κ2) is 8.54.